The maximum Gasteiger partial charge on any atom is 0.210 e. The molecule has 0 aromatic rings. The van der Waals surface area contributed by atoms with Gasteiger partial charge in [0.05, 0.1) is 13.2 Å². The van der Waals surface area contributed by atoms with E-state index in [0.29, 0.717) is 19.1 Å². The molecule has 0 amide bonds. The second-order valence-electron chi connectivity index (χ2n) is 3.44. The zero-order chi connectivity index (χ0) is 9.68. The van der Waals surface area contributed by atoms with E-state index in [1.807, 2.05) is 0 Å². The first kappa shape index (κ1) is 10.4. The van der Waals surface area contributed by atoms with Crippen LogP contribution in [-0.4, -0.2) is 36.8 Å². The van der Waals surface area contributed by atoms with E-state index in [9.17, 15) is 10.1 Å². The molecule has 1 aliphatic heterocycles. The quantitative estimate of drug-likeness (QED) is 0.513. The molecule has 1 saturated heterocycles. The van der Waals surface area contributed by atoms with E-state index in [-0.39, 0.29) is 4.92 Å². The molecule has 1 fully saturated rings. The highest BCUT2D eigenvalue weighted by Gasteiger charge is 2.18. The molecule has 5 heteroatoms. The predicted molar refractivity (Wildman–Crippen MR) is 48.3 cm³/mol. The lowest BCUT2D eigenvalue weighted by molar-refractivity contribution is -0.519. The second-order valence-corrected chi connectivity index (χ2v) is 3.44. The van der Waals surface area contributed by atoms with Gasteiger partial charge in [0.25, 0.3) is 0 Å². The van der Waals surface area contributed by atoms with Crippen molar-refractivity contribution in [1.82, 2.24) is 5.32 Å². The number of nitrogens with zero attached hydrogens (tertiary/aromatic N) is 1. The Bertz CT molecular complexity index is 169. The summed E-state index contributed by atoms with van der Waals surface area (Å²) in [5, 5.41) is 13.6. The van der Waals surface area contributed by atoms with Gasteiger partial charge in [-0.15, -0.1) is 0 Å². The zero-order valence-electron chi connectivity index (χ0n) is 7.86. The van der Waals surface area contributed by atoms with E-state index in [1.54, 1.807) is 6.92 Å². The van der Waals surface area contributed by atoms with E-state index in [2.05, 4.69) is 5.32 Å². The molecule has 1 rings (SSSR count). The molecule has 1 N–H and O–H groups in total. The highest BCUT2D eigenvalue weighted by atomic mass is 16.6. The molecule has 0 bridgehead atoms. The summed E-state index contributed by atoms with van der Waals surface area (Å²) < 4.78 is 5.24. The van der Waals surface area contributed by atoms with Crippen LogP contribution < -0.4 is 5.32 Å². The van der Waals surface area contributed by atoms with Gasteiger partial charge in [0.1, 0.15) is 0 Å². The smallest absolute Gasteiger partial charge is 0.210 e. The van der Waals surface area contributed by atoms with Crippen molar-refractivity contribution >= 4 is 0 Å². The monoisotopic (exact) mass is 188 g/mol. The van der Waals surface area contributed by atoms with Gasteiger partial charge in [-0.25, -0.2) is 0 Å². The predicted octanol–water partition coefficient (Wildman–Crippen LogP) is 0.420. The number of hydrogen-bond acceptors (Lipinski definition) is 4. The molecule has 0 saturated carbocycles. The molecular weight excluding hydrogens is 172 g/mol. The van der Waals surface area contributed by atoms with Crippen LogP contribution in [0.1, 0.15) is 19.8 Å². The Balaban J connectivity index is 2.13. The van der Waals surface area contributed by atoms with Crippen LogP contribution in [0.3, 0.4) is 0 Å². The van der Waals surface area contributed by atoms with Gasteiger partial charge < -0.3 is 10.1 Å². The van der Waals surface area contributed by atoms with Crippen molar-refractivity contribution in [2.45, 2.75) is 31.8 Å². The van der Waals surface area contributed by atoms with Gasteiger partial charge in [-0.05, 0) is 6.42 Å². The van der Waals surface area contributed by atoms with Crippen molar-refractivity contribution in [3.63, 3.8) is 0 Å². The first-order chi connectivity index (χ1) is 6.20. The summed E-state index contributed by atoms with van der Waals surface area (Å²) in [4.78, 5) is 10.1. The lowest BCUT2D eigenvalue weighted by Gasteiger charge is -2.23. The largest absolute Gasteiger partial charge is 0.379 e. The molecule has 13 heavy (non-hydrogen) atoms. The third kappa shape index (κ3) is 3.69. The van der Waals surface area contributed by atoms with Crippen LogP contribution in [0.25, 0.3) is 0 Å². The molecule has 2 atom stereocenters. The minimum absolute atomic E-state index is 0.232. The molecular formula is C8H16N2O3. The normalized spacial score (nSPS) is 25.5. The lowest BCUT2D eigenvalue weighted by Crippen LogP contribution is -2.41. The molecule has 1 aliphatic rings. The highest BCUT2D eigenvalue weighted by molar-refractivity contribution is 4.70. The van der Waals surface area contributed by atoms with Crippen LogP contribution in [0, 0.1) is 10.1 Å². The fourth-order valence-electron chi connectivity index (χ4n) is 1.35. The van der Waals surface area contributed by atoms with Crippen molar-refractivity contribution < 1.29 is 9.66 Å². The molecule has 0 spiro atoms. The summed E-state index contributed by atoms with van der Waals surface area (Å²) in [6, 6.07) is -0.139. The van der Waals surface area contributed by atoms with Gasteiger partial charge in [0.15, 0.2) is 0 Å². The minimum atomic E-state index is -0.441. The SMILES string of the molecule is CC(CCC1COCCN1)[N+](=O)[O-]. The average molecular weight is 188 g/mol. The number of nitro groups is 1. The van der Waals surface area contributed by atoms with E-state index < -0.39 is 6.04 Å². The first-order valence-corrected chi connectivity index (χ1v) is 4.65. The lowest BCUT2D eigenvalue weighted by atomic mass is 10.1. The standard InChI is InChI=1S/C8H16N2O3/c1-7(10(11)12)2-3-8-6-13-5-4-9-8/h7-9H,2-6H2,1H3. The van der Waals surface area contributed by atoms with Gasteiger partial charge in [-0.1, -0.05) is 0 Å². The third-order valence-electron chi connectivity index (χ3n) is 2.29. The minimum Gasteiger partial charge on any atom is -0.379 e. The Labute approximate surface area is 77.6 Å². The maximum atomic E-state index is 10.3. The van der Waals surface area contributed by atoms with Crippen LogP contribution in [0.15, 0.2) is 0 Å². The highest BCUT2D eigenvalue weighted by Crippen LogP contribution is 2.06. The second kappa shape index (κ2) is 5.14. The topological polar surface area (TPSA) is 64.4 Å². The number of morpholine rings is 1. The van der Waals surface area contributed by atoms with Crippen LogP contribution in [0.2, 0.25) is 0 Å². The van der Waals surface area contributed by atoms with Gasteiger partial charge in [0.2, 0.25) is 6.04 Å². The fourth-order valence-corrected chi connectivity index (χ4v) is 1.35. The number of nitrogens with one attached hydrogen (secondary N) is 1. The van der Waals surface area contributed by atoms with E-state index >= 15 is 0 Å². The van der Waals surface area contributed by atoms with Crippen LogP contribution >= 0.6 is 0 Å². The molecule has 0 aromatic heterocycles. The summed E-state index contributed by atoms with van der Waals surface area (Å²) in [6.07, 6.45) is 1.44. The Morgan fingerprint density at radius 1 is 1.77 bits per heavy atom. The molecule has 1 heterocycles. The van der Waals surface area contributed by atoms with Gasteiger partial charge in [0, 0.05) is 30.9 Å². The molecule has 0 radical (unpaired) electrons. The Kier molecular flexibility index (Phi) is 4.11. The zero-order valence-corrected chi connectivity index (χ0v) is 7.86. The van der Waals surface area contributed by atoms with Crippen molar-refractivity contribution in [3.8, 4) is 0 Å². The molecule has 76 valence electrons. The Morgan fingerprint density at radius 3 is 3.08 bits per heavy atom. The van der Waals surface area contributed by atoms with Crippen molar-refractivity contribution in [3.05, 3.63) is 10.1 Å². The van der Waals surface area contributed by atoms with Gasteiger partial charge >= 0.3 is 0 Å². The Morgan fingerprint density at radius 2 is 2.54 bits per heavy atom. The molecule has 0 aliphatic carbocycles. The summed E-state index contributed by atoms with van der Waals surface area (Å²) >= 11 is 0. The van der Waals surface area contributed by atoms with Crippen LogP contribution in [0.4, 0.5) is 0 Å². The average Bonchev–Trinajstić information content (AvgIpc) is 2.15. The summed E-state index contributed by atoms with van der Waals surface area (Å²) in [6.45, 7) is 3.94. The molecule has 2 unspecified atom stereocenters. The van der Waals surface area contributed by atoms with Crippen molar-refractivity contribution in [2.75, 3.05) is 19.8 Å². The van der Waals surface area contributed by atoms with E-state index in [4.69, 9.17) is 4.74 Å². The van der Waals surface area contributed by atoms with Crippen LogP contribution in [0.5, 0.6) is 0 Å². The molecule has 0 aromatic carbocycles. The Hall–Kier alpha value is -0.680. The molecule has 5 nitrogen and oxygen atoms in total. The summed E-state index contributed by atoms with van der Waals surface area (Å²) in [5.41, 5.74) is 0. The third-order valence-corrected chi connectivity index (χ3v) is 2.29. The first-order valence-electron chi connectivity index (χ1n) is 4.65. The van der Waals surface area contributed by atoms with Gasteiger partial charge in [-0.3, -0.25) is 10.1 Å². The maximum absolute atomic E-state index is 10.3. The van der Waals surface area contributed by atoms with Crippen LogP contribution in [-0.2, 0) is 4.74 Å². The van der Waals surface area contributed by atoms with Crippen molar-refractivity contribution in [1.29, 1.82) is 0 Å². The number of ether oxygens (including phenoxy) is 1. The summed E-state index contributed by atoms with van der Waals surface area (Å²) in [7, 11) is 0. The van der Waals surface area contributed by atoms with E-state index in [1.165, 1.54) is 0 Å². The summed E-state index contributed by atoms with van der Waals surface area (Å²) in [5.74, 6) is 0. The number of hydrogen-bond donors (Lipinski definition) is 1. The van der Waals surface area contributed by atoms with E-state index in [0.717, 1.165) is 19.6 Å². The number of rotatable bonds is 4. The fraction of sp³-hybridized carbons (Fsp3) is 1.00. The van der Waals surface area contributed by atoms with Gasteiger partial charge in [-0.2, -0.15) is 0 Å². The van der Waals surface area contributed by atoms with Crippen molar-refractivity contribution in [2.24, 2.45) is 0 Å².